The van der Waals surface area contributed by atoms with E-state index in [1.165, 1.54) is 340 Å². The van der Waals surface area contributed by atoms with Crippen LogP contribution in [0, 0.1) is 11.8 Å². The van der Waals surface area contributed by atoms with E-state index >= 15 is 0 Å². The molecule has 0 rings (SSSR count). The summed E-state index contributed by atoms with van der Waals surface area (Å²) >= 11 is 0. The van der Waals surface area contributed by atoms with Crippen LogP contribution < -0.4 is 0 Å². The van der Waals surface area contributed by atoms with Gasteiger partial charge in [-0.25, -0.2) is 9.13 Å². The molecule has 0 heterocycles. The van der Waals surface area contributed by atoms with E-state index in [4.69, 9.17) is 37.0 Å². The largest absolute Gasteiger partial charge is 0.472 e. The Morgan fingerprint density at radius 1 is 0.235 bits per heavy atom. The highest BCUT2D eigenvalue weighted by atomic mass is 31.2. The number of hydrogen-bond donors (Lipinski definition) is 3. The lowest BCUT2D eigenvalue weighted by molar-refractivity contribution is -0.161. The van der Waals surface area contributed by atoms with Gasteiger partial charge in [0, 0.05) is 25.7 Å². The summed E-state index contributed by atoms with van der Waals surface area (Å²) in [5.74, 6) is -0.456. The number of unbranched alkanes of at least 4 members (excludes halogenated alkanes) is 65. The molecule has 3 N–H and O–H groups in total. The number of phosphoric ester groups is 2. The first-order chi connectivity index (χ1) is 55.9. The highest BCUT2D eigenvalue weighted by molar-refractivity contribution is 7.47. The van der Waals surface area contributed by atoms with Crippen LogP contribution in [0.3, 0.4) is 0 Å². The van der Waals surface area contributed by atoms with Crippen molar-refractivity contribution in [3.63, 3.8) is 0 Å². The molecule has 0 aliphatic heterocycles. The van der Waals surface area contributed by atoms with E-state index in [1.54, 1.807) is 0 Å². The van der Waals surface area contributed by atoms with Gasteiger partial charge in [0.2, 0.25) is 0 Å². The van der Waals surface area contributed by atoms with Crippen LogP contribution in [0.1, 0.15) is 523 Å². The van der Waals surface area contributed by atoms with Crippen molar-refractivity contribution < 1.29 is 80.2 Å². The normalized spacial score (nSPS) is 13.7. The molecule has 0 aliphatic carbocycles. The van der Waals surface area contributed by atoms with Crippen molar-refractivity contribution in [3.05, 3.63) is 0 Å². The summed E-state index contributed by atoms with van der Waals surface area (Å²) in [5, 5.41) is 10.7. The number of aliphatic hydroxyl groups excluding tert-OH is 1. The van der Waals surface area contributed by atoms with Crippen LogP contribution in [0.2, 0.25) is 0 Å². The van der Waals surface area contributed by atoms with Gasteiger partial charge in [0.25, 0.3) is 0 Å². The molecule has 0 aromatic carbocycles. The lowest BCUT2D eigenvalue weighted by atomic mass is 10.0. The number of rotatable bonds is 95. The van der Waals surface area contributed by atoms with E-state index in [2.05, 4.69) is 41.5 Å². The third-order valence-electron chi connectivity index (χ3n) is 22.7. The average molecular weight is 1680 g/mol. The number of hydrogen-bond acceptors (Lipinski definition) is 15. The highest BCUT2D eigenvalue weighted by Crippen LogP contribution is 2.45. The van der Waals surface area contributed by atoms with Gasteiger partial charge < -0.3 is 33.8 Å². The van der Waals surface area contributed by atoms with E-state index < -0.39 is 97.5 Å². The van der Waals surface area contributed by atoms with Crippen LogP contribution in [0.15, 0.2) is 0 Å². The van der Waals surface area contributed by atoms with E-state index in [0.717, 1.165) is 102 Å². The Bertz CT molecular complexity index is 2190. The fraction of sp³-hybridized carbons (Fsp3) is 0.958. The fourth-order valence-corrected chi connectivity index (χ4v) is 16.8. The molecule has 115 heavy (non-hydrogen) atoms. The fourth-order valence-electron chi connectivity index (χ4n) is 15.2. The topological polar surface area (TPSA) is 237 Å². The predicted octanol–water partition coefficient (Wildman–Crippen LogP) is 30.1. The van der Waals surface area contributed by atoms with Gasteiger partial charge in [0.15, 0.2) is 12.2 Å². The third-order valence-corrected chi connectivity index (χ3v) is 24.6. The Labute approximate surface area is 708 Å². The molecule has 0 bridgehead atoms. The molecule has 5 atom stereocenters. The molecule has 0 aliphatic rings. The molecule has 2 unspecified atom stereocenters. The molecule has 684 valence electrons. The zero-order valence-corrected chi connectivity index (χ0v) is 77.9. The molecule has 0 aromatic heterocycles. The first-order valence-corrected chi connectivity index (χ1v) is 52.5. The summed E-state index contributed by atoms with van der Waals surface area (Å²) in [7, 11) is -9.94. The molecular formula is C96H188O17P2. The molecule has 0 saturated carbocycles. The molecule has 17 nitrogen and oxygen atoms in total. The number of ether oxygens (including phenoxy) is 4. The second-order valence-electron chi connectivity index (χ2n) is 35.4. The average Bonchev–Trinajstić information content (AvgIpc) is 0.897. The summed E-state index contributed by atoms with van der Waals surface area (Å²) < 4.78 is 69.2. The minimum atomic E-state index is -4.97. The molecule has 0 spiro atoms. The smallest absolute Gasteiger partial charge is 0.462 e. The van der Waals surface area contributed by atoms with Gasteiger partial charge in [0.05, 0.1) is 26.4 Å². The standard InChI is InChI=1S/C96H188O17P2/c1-7-9-11-13-15-17-19-21-22-23-24-25-26-27-32-38-44-50-56-62-68-74-80-95(100)113-92(85-107-94(99)79-73-67-61-55-49-43-37-31-29-28-30-35-41-46-52-58-64-70-76-88(3)4)87-111-115(104,105)109-83-90(97)82-108-114(102,103)110-86-91(84-106-93(98)78-72-66-60-54-48-40-20-18-16-14-12-10-8-2)112-96(101)81-75-69-63-57-51-45-39-34-33-36-42-47-53-59-65-71-77-89(5)6/h88-92,97H,7-87H2,1-6H3,(H,102,103)(H,104,105)/t90-,91+,92+/m0/s1. The zero-order chi connectivity index (χ0) is 84.1. The van der Waals surface area contributed by atoms with Crippen molar-refractivity contribution in [2.75, 3.05) is 39.6 Å². The van der Waals surface area contributed by atoms with Crippen LogP contribution >= 0.6 is 15.6 Å². The molecule has 0 radical (unpaired) electrons. The minimum absolute atomic E-state index is 0.109. The maximum Gasteiger partial charge on any atom is 0.472 e. The molecule has 19 heteroatoms. The van der Waals surface area contributed by atoms with Crippen LogP contribution in [0.4, 0.5) is 0 Å². The zero-order valence-electron chi connectivity index (χ0n) is 76.1. The van der Waals surface area contributed by atoms with Gasteiger partial charge in [-0.15, -0.1) is 0 Å². The molecule has 0 saturated heterocycles. The Morgan fingerprint density at radius 2 is 0.400 bits per heavy atom. The van der Waals surface area contributed by atoms with Gasteiger partial charge in [-0.2, -0.15) is 0 Å². The number of carbonyl (C=O) groups is 4. The molecule has 0 fully saturated rings. The van der Waals surface area contributed by atoms with Crippen molar-refractivity contribution in [1.29, 1.82) is 0 Å². The SMILES string of the molecule is CCCCCCCCCCCCCCCCCCCCCCCCC(=O)O[C@H](COC(=O)CCCCCCCCCCCCCCCCCCCCC(C)C)COP(=O)(O)OC[C@@H](O)COP(=O)(O)OC[C@@H](COC(=O)CCCCCCCCCCCCCCC)OC(=O)CCCCCCCCCCCCCCCCCCC(C)C. The van der Waals surface area contributed by atoms with E-state index in [-0.39, 0.29) is 25.7 Å². The van der Waals surface area contributed by atoms with E-state index in [1.807, 2.05) is 0 Å². The number of carbonyl (C=O) groups excluding carboxylic acids is 4. The molecule has 0 aromatic rings. The van der Waals surface area contributed by atoms with Crippen LogP contribution in [0.5, 0.6) is 0 Å². The minimum Gasteiger partial charge on any atom is -0.462 e. The first kappa shape index (κ1) is 113. The number of phosphoric acid groups is 2. The second-order valence-corrected chi connectivity index (χ2v) is 38.3. The predicted molar refractivity (Wildman–Crippen MR) is 478 cm³/mol. The maximum atomic E-state index is 13.2. The second kappa shape index (κ2) is 87.0. The van der Waals surface area contributed by atoms with Crippen molar-refractivity contribution in [2.45, 2.75) is 541 Å². The summed E-state index contributed by atoms with van der Waals surface area (Å²) in [6.07, 6.45) is 83.5. The van der Waals surface area contributed by atoms with Gasteiger partial charge in [0.1, 0.15) is 19.3 Å². The Balaban J connectivity index is 5.25. The quantitative estimate of drug-likeness (QED) is 0.0222. The third kappa shape index (κ3) is 89.6. The van der Waals surface area contributed by atoms with Crippen LogP contribution in [0.25, 0.3) is 0 Å². The molecule has 0 amide bonds. The summed E-state index contributed by atoms with van der Waals surface area (Å²) in [5.41, 5.74) is 0. The van der Waals surface area contributed by atoms with Crippen molar-refractivity contribution >= 4 is 39.5 Å². The van der Waals surface area contributed by atoms with E-state index in [0.29, 0.717) is 25.7 Å². The summed E-state index contributed by atoms with van der Waals surface area (Å²) in [6.45, 7) is 9.80. The highest BCUT2D eigenvalue weighted by Gasteiger charge is 2.31. The van der Waals surface area contributed by atoms with Crippen molar-refractivity contribution in [2.24, 2.45) is 11.8 Å². The van der Waals surface area contributed by atoms with Gasteiger partial charge in [-0.05, 0) is 37.5 Å². The Kier molecular flexibility index (Phi) is 85.5. The van der Waals surface area contributed by atoms with Gasteiger partial charge in [-0.1, -0.05) is 472 Å². The lowest BCUT2D eigenvalue weighted by Crippen LogP contribution is -2.30. The van der Waals surface area contributed by atoms with Crippen LogP contribution in [-0.2, 0) is 65.4 Å². The maximum absolute atomic E-state index is 13.2. The Hall–Kier alpha value is -1.94. The van der Waals surface area contributed by atoms with Crippen molar-refractivity contribution in [1.82, 2.24) is 0 Å². The molecular weight excluding hydrogens is 1490 g/mol. The number of aliphatic hydroxyl groups is 1. The monoisotopic (exact) mass is 1680 g/mol. The van der Waals surface area contributed by atoms with E-state index in [9.17, 15) is 43.2 Å². The summed E-state index contributed by atoms with van der Waals surface area (Å²) in [6, 6.07) is 0. The van der Waals surface area contributed by atoms with Crippen LogP contribution in [-0.4, -0.2) is 96.7 Å². The Morgan fingerprint density at radius 3 is 0.591 bits per heavy atom. The first-order valence-electron chi connectivity index (χ1n) is 49.5. The number of esters is 4. The van der Waals surface area contributed by atoms with Gasteiger partial charge >= 0.3 is 39.5 Å². The van der Waals surface area contributed by atoms with Crippen molar-refractivity contribution in [3.8, 4) is 0 Å². The summed E-state index contributed by atoms with van der Waals surface area (Å²) in [4.78, 5) is 73.6. The van der Waals surface area contributed by atoms with Gasteiger partial charge in [-0.3, -0.25) is 37.3 Å². The lowest BCUT2D eigenvalue weighted by Gasteiger charge is -2.21.